The lowest BCUT2D eigenvalue weighted by atomic mass is 10.1. The van der Waals surface area contributed by atoms with Gasteiger partial charge in [-0.1, -0.05) is 19.3 Å². The Bertz CT molecular complexity index is 378. The minimum atomic E-state index is 0.744. The van der Waals surface area contributed by atoms with Gasteiger partial charge in [0, 0.05) is 43.6 Å². The van der Waals surface area contributed by atoms with E-state index in [2.05, 4.69) is 20.2 Å². The first-order valence-electron chi connectivity index (χ1n) is 7.71. The number of aromatic nitrogens is 2. The lowest BCUT2D eigenvalue weighted by molar-refractivity contribution is 0.550. The molecule has 1 aliphatic heterocycles. The molecular formula is C15H24N4. The minimum absolute atomic E-state index is 0.744. The summed E-state index contributed by atoms with van der Waals surface area (Å²) in [6.45, 7) is 3.13. The average molecular weight is 260 g/mol. The first-order valence-corrected chi connectivity index (χ1v) is 7.71. The Morgan fingerprint density at radius 2 is 1.63 bits per heavy atom. The summed E-state index contributed by atoms with van der Waals surface area (Å²) in [7, 11) is 0. The highest BCUT2D eigenvalue weighted by Crippen LogP contribution is 2.19. The average Bonchev–Trinajstić information content (AvgIpc) is 3.21. The molecule has 0 aromatic carbocycles. The first-order chi connectivity index (χ1) is 9.42. The van der Waals surface area contributed by atoms with Gasteiger partial charge >= 0.3 is 0 Å². The topological polar surface area (TPSA) is 41.1 Å². The van der Waals surface area contributed by atoms with Crippen LogP contribution in [0.5, 0.6) is 0 Å². The van der Waals surface area contributed by atoms with Crippen molar-refractivity contribution in [3.63, 3.8) is 0 Å². The Morgan fingerprint density at radius 1 is 1.00 bits per heavy atom. The summed E-state index contributed by atoms with van der Waals surface area (Å²) in [5, 5.41) is 3.50. The van der Waals surface area contributed by atoms with E-state index in [0.717, 1.165) is 31.6 Å². The van der Waals surface area contributed by atoms with Crippen LogP contribution in [0.2, 0.25) is 0 Å². The molecule has 1 saturated heterocycles. The van der Waals surface area contributed by atoms with E-state index in [0.29, 0.717) is 0 Å². The smallest absolute Gasteiger partial charge is 0.225 e. The van der Waals surface area contributed by atoms with E-state index in [-0.39, 0.29) is 0 Å². The Kier molecular flexibility index (Phi) is 4.28. The largest absolute Gasteiger partial charge is 0.341 e. The van der Waals surface area contributed by atoms with Crippen LogP contribution in [0.1, 0.15) is 50.5 Å². The third-order valence-corrected chi connectivity index (χ3v) is 4.00. The molecular weight excluding hydrogens is 236 g/mol. The molecule has 4 heteroatoms. The molecule has 1 aromatic heterocycles. The van der Waals surface area contributed by atoms with Crippen LogP contribution in [0.15, 0.2) is 12.4 Å². The Hall–Kier alpha value is -1.16. The molecule has 0 atom stereocenters. The lowest BCUT2D eigenvalue weighted by Gasteiger charge is -2.24. The van der Waals surface area contributed by atoms with Crippen LogP contribution in [0, 0.1) is 0 Å². The van der Waals surface area contributed by atoms with Crippen molar-refractivity contribution in [1.82, 2.24) is 15.3 Å². The number of hydrogen-bond donors (Lipinski definition) is 1. The Morgan fingerprint density at radius 3 is 2.26 bits per heavy atom. The van der Waals surface area contributed by atoms with Crippen molar-refractivity contribution in [1.29, 1.82) is 0 Å². The molecule has 0 amide bonds. The summed E-state index contributed by atoms with van der Waals surface area (Å²) in [5.74, 6) is 0.914. The molecule has 4 nitrogen and oxygen atoms in total. The fraction of sp³-hybridized carbons (Fsp3) is 0.733. The van der Waals surface area contributed by atoms with Gasteiger partial charge in [-0.3, -0.25) is 0 Å². The van der Waals surface area contributed by atoms with E-state index >= 15 is 0 Å². The summed E-state index contributed by atoms with van der Waals surface area (Å²) in [5.41, 5.74) is 1.20. The van der Waals surface area contributed by atoms with Crippen LogP contribution >= 0.6 is 0 Å². The number of nitrogens with one attached hydrogen (secondary N) is 1. The Balaban J connectivity index is 1.56. The molecule has 1 aromatic rings. The van der Waals surface area contributed by atoms with E-state index in [1.165, 1.54) is 50.5 Å². The van der Waals surface area contributed by atoms with Crippen molar-refractivity contribution in [2.75, 3.05) is 18.0 Å². The summed E-state index contributed by atoms with van der Waals surface area (Å²) < 4.78 is 0. The highest BCUT2D eigenvalue weighted by Gasteiger charge is 2.20. The monoisotopic (exact) mass is 260 g/mol. The standard InChI is InChI=1S/C15H24N4/c1-2-4-8-19(9-5-3-1)15-17-11-13(12-18-15)10-16-14-6-7-14/h11-12,14,16H,1-10H2. The van der Waals surface area contributed by atoms with Crippen LogP contribution in [-0.4, -0.2) is 29.1 Å². The fourth-order valence-electron chi connectivity index (χ4n) is 2.60. The molecule has 0 radical (unpaired) electrons. The van der Waals surface area contributed by atoms with Crippen molar-refractivity contribution >= 4 is 5.95 Å². The number of rotatable bonds is 4. The molecule has 2 aliphatic rings. The number of hydrogen-bond acceptors (Lipinski definition) is 4. The summed E-state index contributed by atoms with van der Waals surface area (Å²) >= 11 is 0. The maximum absolute atomic E-state index is 4.55. The predicted molar refractivity (Wildman–Crippen MR) is 77.2 cm³/mol. The lowest BCUT2D eigenvalue weighted by Crippen LogP contribution is -2.28. The number of nitrogens with zero attached hydrogens (tertiary/aromatic N) is 3. The van der Waals surface area contributed by atoms with Crippen molar-refractivity contribution in [3.8, 4) is 0 Å². The van der Waals surface area contributed by atoms with E-state index in [4.69, 9.17) is 0 Å². The second kappa shape index (κ2) is 6.33. The molecule has 0 unspecified atom stereocenters. The quantitative estimate of drug-likeness (QED) is 0.903. The normalized spacial score (nSPS) is 20.9. The molecule has 3 rings (SSSR count). The maximum atomic E-state index is 4.55. The summed E-state index contributed by atoms with van der Waals surface area (Å²) in [4.78, 5) is 11.4. The molecule has 0 bridgehead atoms. The summed E-state index contributed by atoms with van der Waals surface area (Å²) in [6.07, 6.45) is 13.2. The molecule has 19 heavy (non-hydrogen) atoms. The van der Waals surface area contributed by atoms with Crippen molar-refractivity contribution < 1.29 is 0 Å². The van der Waals surface area contributed by atoms with Crippen molar-refractivity contribution in [3.05, 3.63) is 18.0 Å². The van der Waals surface area contributed by atoms with Crippen LogP contribution in [0.25, 0.3) is 0 Å². The van der Waals surface area contributed by atoms with Crippen LogP contribution < -0.4 is 10.2 Å². The maximum Gasteiger partial charge on any atom is 0.225 e. The fourth-order valence-corrected chi connectivity index (χ4v) is 2.60. The van der Waals surface area contributed by atoms with Gasteiger partial charge < -0.3 is 10.2 Å². The van der Waals surface area contributed by atoms with Crippen molar-refractivity contribution in [2.24, 2.45) is 0 Å². The van der Waals surface area contributed by atoms with Gasteiger partial charge in [-0.2, -0.15) is 0 Å². The van der Waals surface area contributed by atoms with E-state index in [1.54, 1.807) is 0 Å². The van der Waals surface area contributed by atoms with Gasteiger partial charge in [0.05, 0.1) is 0 Å². The van der Waals surface area contributed by atoms with Gasteiger partial charge in [0.25, 0.3) is 0 Å². The van der Waals surface area contributed by atoms with Gasteiger partial charge in [0.15, 0.2) is 0 Å². The molecule has 104 valence electrons. The Labute approximate surface area is 115 Å². The number of anilines is 1. The van der Waals surface area contributed by atoms with Crippen LogP contribution in [-0.2, 0) is 6.54 Å². The van der Waals surface area contributed by atoms with E-state index in [1.807, 2.05) is 12.4 Å². The second-order valence-electron chi connectivity index (χ2n) is 5.80. The van der Waals surface area contributed by atoms with Crippen LogP contribution in [0.3, 0.4) is 0 Å². The third kappa shape index (κ3) is 3.90. The van der Waals surface area contributed by atoms with E-state index < -0.39 is 0 Å². The van der Waals surface area contributed by atoms with Gasteiger partial charge in [-0.25, -0.2) is 9.97 Å². The molecule has 1 aliphatic carbocycles. The van der Waals surface area contributed by atoms with Gasteiger partial charge in [0.1, 0.15) is 0 Å². The highest BCUT2D eigenvalue weighted by atomic mass is 15.2. The molecule has 2 fully saturated rings. The highest BCUT2D eigenvalue weighted by molar-refractivity contribution is 5.29. The third-order valence-electron chi connectivity index (χ3n) is 4.00. The van der Waals surface area contributed by atoms with Crippen LogP contribution in [0.4, 0.5) is 5.95 Å². The summed E-state index contributed by atoms with van der Waals surface area (Å²) in [6, 6.07) is 0.744. The zero-order valence-electron chi connectivity index (χ0n) is 11.6. The molecule has 1 saturated carbocycles. The molecule has 2 heterocycles. The second-order valence-corrected chi connectivity index (χ2v) is 5.80. The zero-order chi connectivity index (χ0) is 12.9. The SMILES string of the molecule is c1nc(N2CCCCCCC2)ncc1CNC1CC1. The zero-order valence-corrected chi connectivity index (χ0v) is 11.6. The predicted octanol–water partition coefficient (Wildman–Crippen LogP) is 2.50. The first kappa shape index (κ1) is 12.9. The van der Waals surface area contributed by atoms with Crippen molar-refractivity contribution in [2.45, 2.75) is 57.5 Å². The van der Waals surface area contributed by atoms with Gasteiger partial charge in [-0.05, 0) is 25.7 Å². The van der Waals surface area contributed by atoms with Gasteiger partial charge in [-0.15, -0.1) is 0 Å². The molecule has 0 spiro atoms. The molecule has 1 N–H and O–H groups in total. The van der Waals surface area contributed by atoms with E-state index in [9.17, 15) is 0 Å². The van der Waals surface area contributed by atoms with Gasteiger partial charge in [0.2, 0.25) is 5.95 Å². The minimum Gasteiger partial charge on any atom is -0.341 e.